The van der Waals surface area contributed by atoms with Crippen molar-refractivity contribution in [3.8, 4) is 0 Å². The van der Waals surface area contributed by atoms with Crippen LogP contribution >= 0.6 is 11.8 Å². The van der Waals surface area contributed by atoms with E-state index in [4.69, 9.17) is 5.11 Å². The fourth-order valence-corrected chi connectivity index (χ4v) is 1.55. The van der Waals surface area contributed by atoms with Crippen LogP contribution in [0.4, 0.5) is 4.79 Å². The van der Waals surface area contributed by atoms with Crippen LogP contribution in [0.3, 0.4) is 0 Å². The van der Waals surface area contributed by atoms with Crippen molar-refractivity contribution in [3.63, 3.8) is 0 Å². The fourth-order valence-electron chi connectivity index (χ4n) is 1.06. The van der Waals surface area contributed by atoms with Crippen molar-refractivity contribution in [3.05, 3.63) is 0 Å². The second kappa shape index (κ2) is 9.33. The molecule has 5 nitrogen and oxygen atoms in total. The predicted octanol–water partition coefficient (Wildman–Crippen LogP) is 1.29. The number of rotatable bonds is 8. The minimum absolute atomic E-state index is 0.417. The molecule has 0 saturated heterocycles. The zero-order valence-corrected chi connectivity index (χ0v) is 10.6. The summed E-state index contributed by atoms with van der Waals surface area (Å²) in [5.41, 5.74) is 0. The van der Waals surface area contributed by atoms with E-state index in [9.17, 15) is 9.59 Å². The maximum absolute atomic E-state index is 11.2. The Morgan fingerprint density at radius 2 is 2.00 bits per heavy atom. The van der Waals surface area contributed by atoms with Crippen LogP contribution in [0.1, 0.15) is 26.2 Å². The number of hydrogen-bond acceptors (Lipinski definition) is 3. The van der Waals surface area contributed by atoms with Crippen molar-refractivity contribution < 1.29 is 14.7 Å². The molecule has 16 heavy (non-hydrogen) atoms. The number of unbranched alkanes of at least 4 members (excludes halogenated alkanes) is 2. The summed E-state index contributed by atoms with van der Waals surface area (Å²) in [6.07, 6.45) is 5.22. The average molecular weight is 248 g/mol. The lowest BCUT2D eigenvalue weighted by Crippen LogP contribution is -2.44. The summed E-state index contributed by atoms with van der Waals surface area (Å²) in [5, 5.41) is 13.5. The number of carboxylic acids is 1. The second-order valence-electron chi connectivity index (χ2n) is 3.51. The number of thioether (sulfide) groups is 1. The van der Waals surface area contributed by atoms with Crippen LogP contribution in [0.25, 0.3) is 0 Å². The Balaban J connectivity index is 3.40. The summed E-state index contributed by atoms with van der Waals surface area (Å²) >= 11 is 1.81. The Labute approximate surface area is 100 Å². The summed E-state index contributed by atoms with van der Waals surface area (Å²) in [6.45, 7) is 2.02. The molecule has 0 aliphatic rings. The number of carboxylic acid groups (broad SMARTS) is 1. The first-order valence-corrected chi connectivity index (χ1v) is 6.73. The van der Waals surface area contributed by atoms with Gasteiger partial charge in [0.05, 0.1) is 0 Å². The van der Waals surface area contributed by atoms with Crippen molar-refractivity contribution in [1.29, 1.82) is 0 Å². The van der Waals surface area contributed by atoms with Gasteiger partial charge in [0.1, 0.15) is 6.04 Å². The van der Waals surface area contributed by atoms with E-state index in [-0.39, 0.29) is 0 Å². The first-order chi connectivity index (χ1) is 7.57. The predicted molar refractivity (Wildman–Crippen MR) is 65.9 cm³/mol. The molecule has 0 radical (unpaired) electrons. The number of aliphatic carboxylic acids is 1. The van der Waals surface area contributed by atoms with E-state index >= 15 is 0 Å². The van der Waals surface area contributed by atoms with E-state index in [2.05, 4.69) is 16.9 Å². The van der Waals surface area contributed by atoms with Crippen molar-refractivity contribution >= 4 is 23.8 Å². The molecule has 0 rings (SSSR count). The molecular formula is C10H20N2O3S. The lowest BCUT2D eigenvalue weighted by molar-refractivity contribution is -0.138. The summed E-state index contributed by atoms with van der Waals surface area (Å²) in [5.74, 6) is 0.109. The summed E-state index contributed by atoms with van der Waals surface area (Å²) in [4.78, 5) is 21.6. The zero-order valence-electron chi connectivity index (χ0n) is 9.78. The monoisotopic (exact) mass is 248 g/mol. The number of carbonyl (C=O) groups excluding carboxylic acids is 1. The van der Waals surface area contributed by atoms with Gasteiger partial charge in [-0.05, 0) is 31.8 Å². The van der Waals surface area contributed by atoms with Gasteiger partial charge < -0.3 is 15.7 Å². The molecule has 0 bridgehead atoms. The van der Waals surface area contributed by atoms with E-state index in [1.807, 2.05) is 11.8 Å². The van der Waals surface area contributed by atoms with Crippen LogP contribution in [0, 0.1) is 0 Å². The van der Waals surface area contributed by atoms with E-state index in [1.54, 1.807) is 0 Å². The van der Waals surface area contributed by atoms with Crippen LogP contribution in [-0.4, -0.2) is 41.7 Å². The highest BCUT2D eigenvalue weighted by Gasteiger charge is 2.12. The first-order valence-electron chi connectivity index (χ1n) is 5.34. The van der Waals surface area contributed by atoms with E-state index in [1.165, 1.54) is 6.92 Å². The molecule has 1 atom stereocenters. The maximum atomic E-state index is 11.2. The molecule has 0 aromatic rings. The normalized spacial score (nSPS) is 11.9. The fraction of sp³-hybridized carbons (Fsp3) is 0.800. The zero-order chi connectivity index (χ0) is 12.4. The van der Waals surface area contributed by atoms with Crippen LogP contribution in [-0.2, 0) is 4.79 Å². The number of urea groups is 1. The summed E-state index contributed by atoms with van der Waals surface area (Å²) in [6, 6.07) is -1.27. The van der Waals surface area contributed by atoms with Crippen molar-refractivity contribution in [2.24, 2.45) is 0 Å². The lowest BCUT2D eigenvalue weighted by atomic mass is 10.2. The third-order valence-electron chi connectivity index (χ3n) is 2.03. The second-order valence-corrected chi connectivity index (χ2v) is 4.50. The standard InChI is InChI=1S/C10H20N2O3S/c1-8(9(13)14)12-10(15)11-6-4-3-5-7-16-2/h8H,3-7H2,1-2H3,(H,13,14)(H2,11,12,15). The first kappa shape index (κ1) is 15.1. The average Bonchev–Trinajstić information content (AvgIpc) is 2.23. The number of amides is 2. The molecule has 0 saturated carbocycles. The van der Waals surface area contributed by atoms with Gasteiger partial charge in [-0.2, -0.15) is 11.8 Å². The van der Waals surface area contributed by atoms with Gasteiger partial charge in [-0.25, -0.2) is 4.79 Å². The number of carbonyl (C=O) groups is 2. The van der Waals surface area contributed by atoms with Gasteiger partial charge in [0.2, 0.25) is 0 Å². The Kier molecular flexibility index (Phi) is 8.80. The molecule has 0 aromatic heterocycles. The van der Waals surface area contributed by atoms with Gasteiger partial charge in [-0.1, -0.05) is 6.42 Å². The van der Waals surface area contributed by atoms with Crippen LogP contribution in [0.2, 0.25) is 0 Å². The maximum Gasteiger partial charge on any atom is 0.325 e. The highest BCUT2D eigenvalue weighted by Crippen LogP contribution is 2.01. The van der Waals surface area contributed by atoms with Gasteiger partial charge in [-0.3, -0.25) is 4.79 Å². The summed E-state index contributed by atoms with van der Waals surface area (Å²) in [7, 11) is 0. The minimum atomic E-state index is -1.03. The SMILES string of the molecule is CSCCCCCNC(=O)NC(C)C(=O)O. The third-order valence-corrected chi connectivity index (χ3v) is 2.73. The van der Waals surface area contributed by atoms with Gasteiger partial charge in [0.25, 0.3) is 0 Å². The van der Waals surface area contributed by atoms with Crippen molar-refractivity contribution in [1.82, 2.24) is 10.6 Å². The van der Waals surface area contributed by atoms with E-state index in [0.29, 0.717) is 6.54 Å². The largest absolute Gasteiger partial charge is 0.480 e. The highest BCUT2D eigenvalue weighted by molar-refractivity contribution is 7.98. The Morgan fingerprint density at radius 1 is 1.31 bits per heavy atom. The molecule has 94 valence electrons. The van der Waals surface area contributed by atoms with Crippen LogP contribution in [0.15, 0.2) is 0 Å². The van der Waals surface area contributed by atoms with Gasteiger partial charge in [0, 0.05) is 6.54 Å². The van der Waals surface area contributed by atoms with Crippen molar-refractivity contribution in [2.75, 3.05) is 18.6 Å². The van der Waals surface area contributed by atoms with Gasteiger partial charge in [0.15, 0.2) is 0 Å². The number of nitrogens with one attached hydrogen (secondary N) is 2. The third kappa shape index (κ3) is 8.40. The van der Waals surface area contributed by atoms with Gasteiger partial charge in [-0.15, -0.1) is 0 Å². The Bertz CT molecular complexity index is 224. The number of hydrogen-bond donors (Lipinski definition) is 3. The molecule has 0 aliphatic carbocycles. The molecule has 2 amide bonds. The lowest BCUT2D eigenvalue weighted by Gasteiger charge is -2.10. The minimum Gasteiger partial charge on any atom is -0.480 e. The molecule has 0 aliphatic heterocycles. The topological polar surface area (TPSA) is 78.4 Å². The molecule has 1 unspecified atom stereocenters. The van der Waals surface area contributed by atoms with E-state index < -0.39 is 18.0 Å². The van der Waals surface area contributed by atoms with Gasteiger partial charge >= 0.3 is 12.0 Å². The molecule has 0 spiro atoms. The Morgan fingerprint density at radius 3 is 2.56 bits per heavy atom. The van der Waals surface area contributed by atoms with Crippen molar-refractivity contribution in [2.45, 2.75) is 32.2 Å². The molecule has 0 aromatic carbocycles. The van der Waals surface area contributed by atoms with E-state index in [0.717, 1.165) is 25.0 Å². The molecule has 6 heteroatoms. The smallest absolute Gasteiger partial charge is 0.325 e. The molecule has 0 fully saturated rings. The Hall–Kier alpha value is -0.910. The summed E-state index contributed by atoms with van der Waals surface area (Å²) < 4.78 is 0. The molecule has 3 N–H and O–H groups in total. The van der Waals surface area contributed by atoms with Crippen LogP contribution in [0.5, 0.6) is 0 Å². The molecule has 0 heterocycles. The van der Waals surface area contributed by atoms with Crippen LogP contribution < -0.4 is 10.6 Å². The molecular weight excluding hydrogens is 228 g/mol. The highest BCUT2D eigenvalue weighted by atomic mass is 32.2. The quantitative estimate of drug-likeness (QED) is 0.566.